The third-order valence-electron chi connectivity index (χ3n) is 2.63. The van der Waals surface area contributed by atoms with Crippen LogP contribution in [-0.2, 0) is 7.05 Å². The molecule has 0 spiro atoms. The van der Waals surface area contributed by atoms with Crippen LogP contribution in [0.1, 0.15) is 5.56 Å². The number of nitrogens with zero attached hydrogens (tertiary/aromatic N) is 4. The number of hydrogen-bond acceptors (Lipinski definition) is 5. The highest BCUT2D eigenvalue weighted by Gasteiger charge is 2.13. The Morgan fingerprint density at radius 2 is 1.71 bits per heavy atom. The number of rotatable bonds is 3. The van der Waals surface area contributed by atoms with Crippen molar-refractivity contribution < 1.29 is 9.47 Å². The number of ether oxygens (including phenoxy) is 2. The Bertz CT molecular complexity index is 511. The van der Waals surface area contributed by atoms with Gasteiger partial charge < -0.3 is 9.47 Å². The van der Waals surface area contributed by atoms with Crippen LogP contribution in [0.15, 0.2) is 12.1 Å². The zero-order chi connectivity index (χ0) is 12.4. The van der Waals surface area contributed by atoms with E-state index in [2.05, 4.69) is 15.5 Å². The number of benzene rings is 1. The fourth-order valence-electron chi connectivity index (χ4n) is 1.69. The lowest BCUT2D eigenvalue weighted by Crippen LogP contribution is -1.98. The summed E-state index contributed by atoms with van der Waals surface area (Å²) in [7, 11) is 5.04. The van der Waals surface area contributed by atoms with Crippen molar-refractivity contribution in [3.63, 3.8) is 0 Å². The quantitative estimate of drug-likeness (QED) is 0.798. The van der Waals surface area contributed by atoms with Crippen LogP contribution in [0.2, 0.25) is 0 Å². The molecule has 0 aliphatic carbocycles. The SMILES string of the molecule is COc1cc(-c2nnnn2C)cc(OC)c1C. The van der Waals surface area contributed by atoms with Crippen molar-refractivity contribution in [3.05, 3.63) is 17.7 Å². The maximum absolute atomic E-state index is 5.31. The first-order valence-corrected chi connectivity index (χ1v) is 5.12. The molecule has 17 heavy (non-hydrogen) atoms. The average molecular weight is 234 g/mol. The van der Waals surface area contributed by atoms with Gasteiger partial charge in [-0.3, -0.25) is 0 Å². The van der Waals surface area contributed by atoms with Crippen LogP contribution in [0.3, 0.4) is 0 Å². The van der Waals surface area contributed by atoms with Crippen molar-refractivity contribution in [2.75, 3.05) is 14.2 Å². The number of hydrogen-bond donors (Lipinski definition) is 0. The maximum Gasteiger partial charge on any atom is 0.182 e. The lowest BCUT2D eigenvalue weighted by Gasteiger charge is -2.11. The second-order valence-electron chi connectivity index (χ2n) is 3.63. The van der Waals surface area contributed by atoms with Gasteiger partial charge in [-0.05, 0) is 29.5 Å². The molecule has 0 unspecified atom stereocenters. The number of aryl methyl sites for hydroxylation is 1. The van der Waals surface area contributed by atoms with E-state index in [0.717, 1.165) is 22.6 Å². The Hall–Kier alpha value is -2.11. The molecule has 0 aliphatic heterocycles. The molecule has 2 rings (SSSR count). The summed E-state index contributed by atoms with van der Waals surface area (Å²) in [6, 6.07) is 3.78. The van der Waals surface area contributed by atoms with Gasteiger partial charge in [-0.15, -0.1) is 5.10 Å². The highest BCUT2D eigenvalue weighted by Crippen LogP contribution is 2.33. The second-order valence-corrected chi connectivity index (χ2v) is 3.63. The zero-order valence-corrected chi connectivity index (χ0v) is 10.3. The van der Waals surface area contributed by atoms with Crippen molar-refractivity contribution in [3.8, 4) is 22.9 Å². The Balaban J connectivity index is 2.60. The van der Waals surface area contributed by atoms with E-state index in [1.165, 1.54) is 0 Å². The molecule has 0 saturated heterocycles. The summed E-state index contributed by atoms with van der Waals surface area (Å²) in [5, 5.41) is 11.4. The summed E-state index contributed by atoms with van der Waals surface area (Å²) in [5.41, 5.74) is 1.81. The lowest BCUT2D eigenvalue weighted by molar-refractivity contribution is 0.389. The van der Waals surface area contributed by atoms with Gasteiger partial charge >= 0.3 is 0 Å². The fraction of sp³-hybridized carbons (Fsp3) is 0.364. The molecular weight excluding hydrogens is 220 g/mol. The first kappa shape index (κ1) is 11.4. The maximum atomic E-state index is 5.31. The van der Waals surface area contributed by atoms with Gasteiger partial charge in [0.05, 0.1) is 14.2 Å². The molecule has 0 saturated carbocycles. The van der Waals surface area contributed by atoms with E-state index in [4.69, 9.17) is 9.47 Å². The Labute approximate surface area is 99.2 Å². The molecule has 1 heterocycles. The van der Waals surface area contributed by atoms with Gasteiger partial charge in [0.1, 0.15) is 11.5 Å². The Morgan fingerprint density at radius 1 is 1.12 bits per heavy atom. The van der Waals surface area contributed by atoms with Crippen LogP contribution in [0.25, 0.3) is 11.4 Å². The van der Waals surface area contributed by atoms with Gasteiger partial charge in [0.25, 0.3) is 0 Å². The average Bonchev–Trinajstić information content (AvgIpc) is 2.76. The second kappa shape index (κ2) is 4.40. The van der Waals surface area contributed by atoms with Gasteiger partial charge in [0, 0.05) is 18.2 Å². The largest absolute Gasteiger partial charge is 0.496 e. The molecule has 0 bridgehead atoms. The van der Waals surface area contributed by atoms with Crippen LogP contribution in [0.5, 0.6) is 11.5 Å². The molecular formula is C11H14N4O2. The van der Waals surface area contributed by atoms with E-state index in [1.807, 2.05) is 19.1 Å². The summed E-state index contributed by atoms with van der Waals surface area (Å²) in [6.07, 6.45) is 0. The highest BCUT2D eigenvalue weighted by molar-refractivity contribution is 5.63. The summed E-state index contributed by atoms with van der Waals surface area (Å²) in [4.78, 5) is 0. The molecule has 0 radical (unpaired) electrons. The monoisotopic (exact) mass is 234 g/mol. The Morgan fingerprint density at radius 3 is 2.12 bits per heavy atom. The van der Waals surface area contributed by atoms with Crippen LogP contribution >= 0.6 is 0 Å². The van der Waals surface area contributed by atoms with Crippen molar-refractivity contribution in [2.45, 2.75) is 6.92 Å². The Kier molecular flexibility index (Phi) is 2.95. The molecule has 90 valence electrons. The fourth-order valence-corrected chi connectivity index (χ4v) is 1.69. The molecule has 0 aliphatic rings. The van der Waals surface area contributed by atoms with Crippen LogP contribution in [-0.4, -0.2) is 34.4 Å². The minimum Gasteiger partial charge on any atom is -0.496 e. The summed E-state index contributed by atoms with van der Waals surface area (Å²) in [5.74, 6) is 2.17. The third-order valence-corrected chi connectivity index (χ3v) is 2.63. The summed E-state index contributed by atoms with van der Waals surface area (Å²) < 4.78 is 12.2. The third kappa shape index (κ3) is 1.93. The van der Waals surface area contributed by atoms with Crippen molar-refractivity contribution >= 4 is 0 Å². The molecule has 0 atom stereocenters. The molecule has 6 nitrogen and oxygen atoms in total. The zero-order valence-electron chi connectivity index (χ0n) is 10.3. The smallest absolute Gasteiger partial charge is 0.182 e. The van der Waals surface area contributed by atoms with E-state index in [0.29, 0.717) is 5.82 Å². The predicted octanol–water partition coefficient (Wildman–Crippen LogP) is 1.20. The number of tetrazole rings is 1. The minimum atomic E-state index is 0.668. The van der Waals surface area contributed by atoms with E-state index in [1.54, 1.807) is 25.9 Å². The van der Waals surface area contributed by atoms with Crippen molar-refractivity contribution in [2.24, 2.45) is 7.05 Å². The molecule has 1 aromatic heterocycles. The molecule has 0 amide bonds. The number of methoxy groups -OCH3 is 2. The minimum absolute atomic E-state index is 0.668. The molecule has 2 aromatic rings. The van der Waals surface area contributed by atoms with Crippen LogP contribution in [0.4, 0.5) is 0 Å². The van der Waals surface area contributed by atoms with Crippen molar-refractivity contribution in [1.29, 1.82) is 0 Å². The van der Waals surface area contributed by atoms with Gasteiger partial charge in [-0.25, -0.2) is 4.68 Å². The van der Waals surface area contributed by atoms with Gasteiger partial charge in [-0.1, -0.05) is 0 Å². The van der Waals surface area contributed by atoms with Crippen LogP contribution in [0, 0.1) is 6.92 Å². The van der Waals surface area contributed by atoms with Crippen molar-refractivity contribution in [1.82, 2.24) is 20.2 Å². The summed E-state index contributed by atoms with van der Waals surface area (Å²) >= 11 is 0. The first-order chi connectivity index (χ1) is 8.17. The molecule has 0 N–H and O–H groups in total. The molecule has 1 aromatic carbocycles. The van der Waals surface area contributed by atoms with E-state index >= 15 is 0 Å². The lowest BCUT2D eigenvalue weighted by atomic mass is 10.1. The van der Waals surface area contributed by atoms with Crippen LogP contribution < -0.4 is 9.47 Å². The highest BCUT2D eigenvalue weighted by atomic mass is 16.5. The van der Waals surface area contributed by atoms with E-state index < -0.39 is 0 Å². The van der Waals surface area contributed by atoms with Gasteiger partial charge in [0.2, 0.25) is 0 Å². The number of aromatic nitrogens is 4. The van der Waals surface area contributed by atoms with E-state index in [9.17, 15) is 0 Å². The van der Waals surface area contributed by atoms with Gasteiger partial charge in [0.15, 0.2) is 5.82 Å². The molecule has 0 fully saturated rings. The standard InChI is InChI=1S/C11H14N4O2/c1-7-9(16-3)5-8(6-10(7)17-4)11-12-13-14-15(11)2/h5-6H,1-4H3. The molecule has 6 heteroatoms. The van der Waals surface area contributed by atoms with E-state index in [-0.39, 0.29) is 0 Å². The first-order valence-electron chi connectivity index (χ1n) is 5.12. The topological polar surface area (TPSA) is 62.1 Å². The van der Waals surface area contributed by atoms with Gasteiger partial charge in [-0.2, -0.15) is 0 Å². The summed E-state index contributed by atoms with van der Waals surface area (Å²) in [6.45, 7) is 1.94. The normalized spacial score (nSPS) is 10.4. The predicted molar refractivity (Wildman–Crippen MR) is 62.1 cm³/mol.